The van der Waals surface area contributed by atoms with Gasteiger partial charge in [0.05, 0.1) is 19.2 Å². The van der Waals surface area contributed by atoms with Crippen molar-refractivity contribution in [3.05, 3.63) is 101 Å². The highest BCUT2D eigenvalue weighted by atomic mass is 35.5. The average molecular weight is 477 g/mol. The van der Waals surface area contributed by atoms with Gasteiger partial charge in [0.25, 0.3) is 0 Å². The summed E-state index contributed by atoms with van der Waals surface area (Å²) in [5.74, 6) is -0.519. The monoisotopic (exact) mass is 476 g/mol. The van der Waals surface area contributed by atoms with E-state index < -0.39 is 31.9 Å². The number of benzene rings is 3. The van der Waals surface area contributed by atoms with Gasteiger partial charge in [0.2, 0.25) is 0 Å². The van der Waals surface area contributed by atoms with E-state index in [4.69, 9.17) is 16.3 Å². The zero-order chi connectivity index (χ0) is 23.5. The Balaban J connectivity index is 1.99. The summed E-state index contributed by atoms with van der Waals surface area (Å²) in [5, 5.41) is 1.54. The molecule has 0 amide bonds. The molecule has 0 fully saturated rings. The molecule has 168 valence electrons. The molecule has 0 saturated carbocycles. The molecule has 2 nitrogen and oxygen atoms in total. The van der Waals surface area contributed by atoms with Crippen LogP contribution in [0.3, 0.4) is 0 Å². The molecule has 3 aromatic rings. The van der Waals surface area contributed by atoms with Gasteiger partial charge in [0, 0.05) is 10.6 Å². The van der Waals surface area contributed by atoms with E-state index >= 15 is 0 Å². The maximum absolute atomic E-state index is 13.1. The Labute approximate surface area is 192 Å². The molecule has 3 aromatic carbocycles. The topological polar surface area (TPSA) is 26.3 Å². The van der Waals surface area contributed by atoms with E-state index in [1.807, 2.05) is 30.3 Å². The summed E-state index contributed by atoms with van der Waals surface area (Å²) in [7, 11) is -2.34. The van der Waals surface area contributed by atoms with Crippen molar-refractivity contribution in [2.75, 3.05) is 0 Å². The minimum Gasteiger partial charge on any atom is -0.459 e. The van der Waals surface area contributed by atoms with Gasteiger partial charge in [-0.1, -0.05) is 78.4 Å². The first kappa shape index (κ1) is 24.1. The third kappa shape index (κ3) is 5.42. The second-order valence-corrected chi connectivity index (χ2v) is 13.4. The van der Waals surface area contributed by atoms with Crippen molar-refractivity contribution in [2.24, 2.45) is 0 Å². The van der Waals surface area contributed by atoms with Gasteiger partial charge >= 0.3 is 12.1 Å². The summed E-state index contributed by atoms with van der Waals surface area (Å²) in [6, 6.07) is 21.5. The first-order valence-corrected chi connectivity index (χ1v) is 13.6. The maximum atomic E-state index is 13.1. The molecule has 0 aliphatic heterocycles. The maximum Gasteiger partial charge on any atom is 0.416 e. The van der Waals surface area contributed by atoms with E-state index in [1.54, 1.807) is 25.1 Å². The lowest BCUT2D eigenvalue weighted by molar-refractivity contribution is -0.137. The van der Waals surface area contributed by atoms with Crippen molar-refractivity contribution in [3.8, 4) is 0 Å². The predicted octanol–water partition coefficient (Wildman–Crippen LogP) is 6.84. The Kier molecular flexibility index (Phi) is 7.15. The Morgan fingerprint density at radius 2 is 1.56 bits per heavy atom. The summed E-state index contributed by atoms with van der Waals surface area (Å²) >= 11 is 6.00. The van der Waals surface area contributed by atoms with Crippen molar-refractivity contribution < 1.29 is 22.7 Å². The molecule has 0 saturated heterocycles. The van der Waals surface area contributed by atoms with Gasteiger partial charge in [-0.15, -0.1) is 0 Å². The molecule has 32 heavy (non-hydrogen) atoms. The van der Waals surface area contributed by atoms with Gasteiger partial charge < -0.3 is 4.74 Å². The standard InChI is InChI=1S/C25H24ClF3O2Si/c1-17(31-24(30)19-8-7-9-21(26)16-19)23(32(2,3)22-10-5-4-6-11-22)18-12-14-20(15-13-18)25(27,28)29/h4-17,23H,1-3H3/t17?,23-/m0/s1. The molecule has 0 bridgehead atoms. The highest BCUT2D eigenvalue weighted by molar-refractivity contribution is 6.91. The molecule has 0 aliphatic carbocycles. The third-order valence-electron chi connectivity index (χ3n) is 5.72. The first-order chi connectivity index (χ1) is 15.0. The van der Waals surface area contributed by atoms with E-state index in [-0.39, 0.29) is 5.54 Å². The number of halogens is 4. The fourth-order valence-electron chi connectivity index (χ4n) is 4.12. The minimum atomic E-state index is -4.41. The highest BCUT2D eigenvalue weighted by Gasteiger charge is 2.40. The van der Waals surface area contributed by atoms with E-state index in [0.717, 1.165) is 17.3 Å². The predicted molar refractivity (Wildman–Crippen MR) is 124 cm³/mol. The number of hydrogen-bond donors (Lipinski definition) is 0. The Bertz CT molecular complexity index is 1070. The van der Waals surface area contributed by atoms with Crippen molar-refractivity contribution >= 4 is 30.8 Å². The van der Waals surface area contributed by atoms with E-state index in [9.17, 15) is 18.0 Å². The smallest absolute Gasteiger partial charge is 0.416 e. The van der Waals surface area contributed by atoms with Crippen molar-refractivity contribution in [3.63, 3.8) is 0 Å². The van der Waals surface area contributed by atoms with Gasteiger partial charge in [-0.25, -0.2) is 4.79 Å². The Morgan fingerprint density at radius 1 is 0.938 bits per heavy atom. The number of carbonyl (C=O) groups is 1. The van der Waals surface area contributed by atoms with Crippen LogP contribution in [-0.4, -0.2) is 20.1 Å². The van der Waals surface area contributed by atoms with Crippen LogP contribution in [0.2, 0.25) is 18.1 Å². The number of ether oxygens (including phenoxy) is 1. The van der Waals surface area contributed by atoms with E-state index in [2.05, 4.69) is 13.1 Å². The molecular weight excluding hydrogens is 453 g/mol. The van der Waals surface area contributed by atoms with Crippen molar-refractivity contribution in [2.45, 2.75) is 37.8 Å². The van der Waals surface area contributed by atoms with Crippen LogP contribution in [0.1, 0.15) is 33.9 Å². The van der Waals surface area contributed by atoms with Gasteiger partial charge in [0.1, 0.15) is 6.10 Å². The fourth-order valence-corrected chi connectivity index (χ4v) is 7.99. The quantitative estimate of drug-likeness (QED) is 0.287. The number of rotatable bonds is 6. The zero-order valence-electron chi connectivity index (χ0n) is 18.0. The second kappa shape index (κ2) is 9.51. The molecule has 0 aliphatic rings. The van der Waals surface area contributed by atoms with E-state index in [0.29, 0.717) is 16.1 Å². The van der Waals surface area contributed by atoms with Gasteiger partial charge in [-0.2, -0.15) is 13.2 Å². The van der Waals surface area contributed by atoms with Crippen molar-refractivity contribution in [1.29, 1.82) is 0 Å². The van der Waals surface area contributed by atoms with Crippen LogP contribution in [0.4, 0.5) is 13.2 Å². The third-order valence-corrected chi connectivity index (χ3v) is 10.1. The van der Waals surface area contributed by atoms with Crippen LogP contribution < -0.4 is 5.19 Å². The second-order valence-electron chi connectivity index (χ2n) is 8.31. The number of carbonyl (C=O) groups excluding carboxylic acids is 1. The summed E-state index contributed by atoms with van der Waals surface area (Å²) in [4.78, 5) is 12.8. The van der Waals surface area contributed by atoms with Crippen LogP contribution >= 0.6 is 11.6 Å². The molecule has 3 rings (SSSR count). The molecule has 0 aromatic heterocycles. The minimum absolute atomic E-state index is 0.268. The molecule has 0 heterocycles. The summed E-state index contributed by atoms with van der Waals surface area (Å²) in [5.41, 5.74) is 0.0673. The van der Waals surface area contributed by atoms with Crippen LogP contribution in [0.25, 0.3) is 0 Å². The molecule has 0 N–H and O–H groups in total. The van der Waals surface area contributed by atoms with Gasteiger partial charge in [0.15, 0.2) is 0 Å². The summed E-state index contributed by atoms with van der Waals surface area (Å²) < 4.78 is 45.1. The van der Waals surface area contributed by atoms with Gasteiger partial charge in [-0.05, 0) is 42.8 Å². The number of alkyl halides is 3. The zero-order valence-corrected chi connectivity index (χ0v) is 19.7. The van der Waals surface area contributed by atoms with Crippen LogP contribution in [0.15, 0.2) is 78.9 Å². The van der Waals surface area contributed by atoms with Crippen LogP contribution in [0, 0.1) is 0 Å². The van der Waals surface area contributed by atoms with Crippen LogP contribution in [0.5, 0.6) is 0 Å². The SMILES string of the molecule is CC(OC(=O)c1cccc(Cl)c1)[C@@H](c1ccc(C(F)(F)F)cc1)[Si](C)(C)c1ccccc1. The Hall–Kier alpha value is -2.57. The molecule has 2 atom stereocenters. The first-order valence-electron chi connectivity index (χ1n) is 10.2. The number of esters is 1. The average Bonchev–Trinajstić information content (AvgIpc) is 2.74. The fraction of sp³-hybridized carbons (Fsp3) is 0.240. The van der Waals surface area contributed by atoms with E-state index in [1.165, 1.54) is 18.2 Å². The number of hydrogen-bond acceptors (Lipinski definition) is 2. The van der Waals surface area contributed by atoms with Crippen LogP contribution in [-0.2, 0) is 10.9 Å². The summed E-state index contributed by atoms with van der Waals surface area (Å²) in [6.07, 6.45) is -4.98. The summed E-state index contributed by atoms with van der Waals surface area (Å²) in [6.45, 7) is 6.06. The van der Waals surface area contributed by atoms with Gasteiger partial charge in [-0.3, -0.25) is 0 Å². The molecule has 1 unspecified atom stereocenters. The lowest BCUT2D eigenvalue weighted by Crippen LogP contribution is -2.52. The van der Waals surface area contributed by atoms with Crippen molar-refractivity contribution in [1.82, 2.24) is 0 Å². The molecule has 0 radical (unpaired) electrons. The lowest BCUT2D eigenvalue weighted by Gasteiger charge is -2.37. The highest BCUT2D eigenvalue weighted by Crippen LogP contribution is 2.35. The lowest BCUT2D eigenvalue weighted by atomic mass is 10.1. The normalized spacial score (nSPS) is 14.0. The molecule has 0 spiro atoms. The molecular formula is C25H24ClF3O2Si. The molecule has 7 heteroatoms. The Morgan fingerprint density at radius 3 is 2.12 bits per heavy atom. The largest absolute Gasteiger partial charge is 0.459 e.